The molecule has 0 bridgehead atoms. The summed E-state index contributed by atoms with van der Waals surface area (Å²) in [5.74, 6) is -1.73. The Morgan fingerprint density at radius 2 is 1.65 bits per heavy atom. The summed E-state index contributed by atoms with van der Waals surface area (Å²) in [7, 11) is 1.46. The van der Waals surface area contributed by atoms with Crippen molar-refractivity contribution in [1.29, 1.82) is 5.26 Å². The lowest BCUT2D eigenvalue weighted by Crippen LogP contribution is -2.46. The van der Waals surface area contributed by atoms with Gasteiger partial charge in [-0.25, -0.2) is 4.98 Å². The zero-order valence-corrected chi connectivity index (χ0v) is 19.5. The van der Waals surface area contributed by atoms with Crippen molar-refractivity contribution in [3.63, 3.8) is 0 Å². The normalized spacial score (nSPS) is 15.9. The Morgan fingerprint density at radius 3 is 2.24 bits per heavy atom. The lowest BCUT2D eigenvalue weighted by molar-refractivity contribution is -0.128. The third kappa shape index (κ3) is 4.01. The SMILES string of the molecule is CCCc1cccc(CCC)c1-n1nc2c(nc1=NC#N)C(c1ccccc1)C(=O)N(C)C2=O. The molecule has 0 spiro atoms. The number of carbonyl (C=O) groups is 2. The molecule has 0 fully saturated rings. The van der Waals surface area contributed by atoms with E-state index < -0.39 is 17.7 Å². The minimum atomic E-state index is -0.810. The van der Waals surface area contributed by atoms with Gasteiger partial charge in [-0.3, -0.25) is 14.5 Å². The van der Waals surface area contributed by atoms with Gasteiger partial charge in [0.15, 0.2) is 5.69 Å². The lowest BCUT2D eigenvalue weighted by atomic mass is 9.89. The summed E-state index contributed by atoms with van der Waals surface area (Å²) in [6, 6.07) is 15.2. The fourth-order valence-corrected chi connectivity index (χ4v) is 4.40. The molecule has 2 amide bonds. The van der Waals surface area contributed by atoms with Crippen molar-refractivity contribution < 1.29 is 9.59 Å². The van der Waals surface area contributed by atoms with Gasteiger partial charge in [-0.05, 0) is 29.5 Å². The van der Waals surface area contributed by atoms with E-state index in [0.717, 1.165) is 47.4 Å². The van der Waals surface area contributed by atoms with Crippen molar-refractivity contribution in [1.82, 2.24) is 19.7 Å². The van der Waals surface area contributed by atoms with Crippen LogP contribution in [0.15, 0.2) is 53.5 Å². The van der Waals surface area contributed by atoms with Crippen molar-refractivity contribution >= 4 is 11.8 Å². The minimum absolute atomic E-state index is 0.0493. The first-order chi connectivity index (χ1) is 16.5. The Bertz CT molecular complexity index is 1330. The highest BCUT2D eigenvalue weighted by Gasteiger charge is 2.41. The fraction of sp³-hybridized carbons (Fsp3) is 0.308. The second kappa shape index (κ2) is 9.79. The average molecular weight is 455 g/mol. The van der Waals surface area contributed by atoms with Crippen LogP contribution in [0.3, 0.4) is 0 Å². The summed E-state index contributed by atoms with van der Waals surface area (Å²) < 4.78 is 1.50. The molecule has 1 aliphatic heterocycles. The summed E-state index contributed by atoms with van der Waals surface area (Å²) in [5.41, 5.74) is 3.91. The molecule has 8 heteroatoms. The van der Waals surface area contributed by atoms with Crippen LogP contribution < -0.4 is 5.62 Å². The first-order valence-corrected chi connectivity index (χ1v) is 11.4. The quantitative estimate of drug-likeness (QED) is 0.420. The number of imide groups is 1. The van der Waals surface area contributed by atoms with Gasteiger partial charge in [-0.15, -0.1) is 4.99 Å². The Labute approximate surface area is 198 Å². The summed E-state index contributed by atoms with van der Waals surface area (Å²) in [5, 5.41) is 14.1. The van der Waals surface area contributed by atoms with Gasteiger partial charge in [0.25, 0.3) is 11.5 Å². The van der Waals surface area contributed by atoms with Gasteiger partial charge in [0.05, 0.1) is 11.4 Å². The second-order valence-corrected chi connectivity index (χ2v) is 8.24. The number of aryl methyl sites for hydroxylation is 2. The molecule has 0 saturated carbocycles. The highest BCUT2D eigenvalue weighted by Crippen LogP contribution is 2.31. The van der Waals surface area contributed by atoms with Crippen molar-refractivity contribution in [2.24, 2.45) is 4.99 Å². The molecule has 0 radical (unpaired) electrons. The molecule has 34 heavy (non-hydrogen) atoms. The van der Waals surface area contributed by atoms with Gasteiger partial charge in [0.2, 0.25) is 12.1 Å². The van der Waals surface area contributed by atoms with Crippen LogP contribution in [0.2, 0.25) is 0 Å². The van der Waals surface area contributed by atoms with Gasteiger partial charge in [0.1, 0.15) is 5.92 Å². The van der Waals surface area contributed by atoms with Crippen molar-refractivity contribution in [3.8, 4) is 11.9 Å². The van der Waals surface area contributed by atoms with Crippen molar-refractivity contribution in [3.05, 3.63) is 82.2 Å². The van der Waals surface area contributed by atoms with Gasteiger partial charge in [-0.2, -0.15) is 15.0 Å². The number of likely N-dealkylation sites (N-methyl/N-ethyl adjacent to an activating group) is 1. The second-order valence-electron chi connectivity index (χ2n) is 8.24. The van der Waals surface area contributed by atoms with Crippen LogP contribution in [0.1, 0.15) is 65.5 Å². The molecule has 2 aromatic carbocycles. The van der Waals surface area contributed by atoms with Crippen LogP contribution in [-0.4, -0.2) is 38.5 Å². The Kier molecular flexibility index (Phi) is 6.64. The Hall–Kier alpha value is -4.12. The molecule has 1 aliphatic rings. The van der Waals surface area contributed by atoms with E-state index in [2.05, 4.69) is 23.8 Å². The number of rotatable bonds is 6. The fourth-order valence-electron chi connectivity index (χ4n) is 4.40. The number of nitriles is 1. The van der Waals surface area contributed by atoms with E-state index in [0.29, 0.717) is 5.56 Å². The zero-order chi connectivity index (χ0) is 24.2. The molecule has 3 aromatic rings. The maximum atomic E-state index is 13.2. The number of fused-ring (bicyclic) bond motifs is 1. The van der Waals surface area contributed by atoms with E-state index in [1.165, 1.54) is 11.7 Å². The molecule has 172 valence electrons. The zero-order valence-electron chi connectivity index (χ0n) is 19.5. The van der Waals surface area contributed by atoms with E-state index in [9.17, 15) is 14.9 Å². The molecule has 1 aromatic heterocycles. The Balaban J connectivity index is 2.05. The van der Waals surface area contributed by atoms with Crippen LogP contribution in [0.25, 0.3) is 5.69 Å². The molecule has 0 saturated heterocycles. The number of hydrogen-bond donors (Lipinski definition) is 0. The molecule has 0 N–H and O–H groups in total. The molecule has 8 nitrogen and oxygen atoms in total. The topological polar surface area (TPSA) is 104 Å². The maximum Gasteiger partial charge on any atom is 0.282 e. The summed E-state index contributed by atoms with van der Waals surface area (Å²) in [4.78, 5) is 36.0. The van der Waals surface area contributed by atoms with E-state index in [1.54, 1.807) is 0 Å². The smallest absolute Gasteiger partial charge is 0.279 e. The van der Waals surface area contributed by atoms with Gasteiger partial charge in [0, 0.05) is 7.05 Å². The van der Waals surface area contributed by atoms with Crippen LogP contribution in [0.4, 0.5) is 0 Å². The molecular weight excluding hydrogens is 428 g/mol. The first kappa shape index (κ1) is 23.1. The average Bonchev–Trinajstić information content (AvgIpc) is 2.84. The number of hydrogen-bond acceptors (Lipinski definition) is 6. The number of nitrogens with zero attached hydrogens (tertiary/aromatic N) is 6. The summed E-state index contributed by atoms with van der Waals surface area (Å²) in [6.07, 6.45) is 5.23. The molecule has 1 unspecified atom stereocenters. The van der Waals surface area contributed by atoms with Gasteiger partial charge < -0.3 is 0 Å². The molecule has 2 heterocycles. The highest BCUT2D eigenvalue weighted by molar-refractivity contribution is 6.10. The van der Waals surface area contributed by atoms with Crippen LogP contribution in [-0.2, 0) is 17.6 Å². The third-order valence-corrected chi connectivity index (χ3v) is 5.95. The number of carbonyl (C=O) groups excluding carboxylic acids is 2. The van der Waals surface area contributed by atoms with E-state index in [1.807, 2.05) is 54.7 Å². The van der Waals surface area contributed by atoms with Crippen molar-refractivity contribution in [2.45, 2.75) is 45.4 Å². The highest BCUT2D eigenvalue weighted by atomic mass is 16.2. The lowest BCUT2D eigenvalue weighted by Gasteiger charge is -2.29. The maximum absolute atomic E-state index is 13.2. The van der Waals surface area contributed by atoms with E-state index in [4.69, 9.17) is 5.10 Å². The van der Waals surface area contributed by atoms with Gasteiger partial charge >= 0.3 is 0 Å². The predicted molar refractivity (Wildman–Crippen MR) is 126 cm³/mol. The van der Waals surface area contributed by atoms with Crippen molar-refractivity contribution in [2.75, 3.05) is 7.05 Å². The number of amides is 2. The van der Waals surface area contributed by atoms with E-state index >= 15 is 0 Å². The number of benzene rings is 2. The Morgan fingerprint density at radius 1 is 1.00 bits per heavy atom. The van der Waals surface area contributed by atoms with Crippen LogP contribution in [0, 0.1) is 11.5 Å². The molecule has 0 aliphatic carbocycles. The van der Waals surface area contributed by atoms with Gasteiger partial charge in [-0.1, -0.05) is 75.2 Å². The largest absolute Gasteiger partial charge is 0.282 e. The molecule has 1 atom stereocenters. The standard InChI is InChI=1S/C26H26N6O2/c1-4-10-18-14-9-15-19(11-5-2)23(18)32-26(28-16-27)29-21-20(17-12-7-6-8-13-17)24(33)31(3)25(34)22(21)30-32/h6-9,12-15,20H,4-5,10-11H2,1-3H3. The van der Waals surface area contributed by atoms with E-state index in [-0.39, 0.29) is 17.0 Å². The third-order valence-electron chi connectivity index (χ3n) is 5.95. The predicted octanol–water partition coefficient (Wildman–Crippen LogP) is 3.30. The van der Waals surface area contributed by atoms with Crippen LogP contribution >= 0.6 is 0 Å². The minimum Gasteiger partial charge on any atom is -0.279 e. The number of para-hydroxylation sites is 1. The van der Waals surface area contributed by atoms with Crippen LogP contribution in [0.5, 0.6) is 0 Å². The molecule has 4 rings (SSSR count). The number of aromatic nitrogens is 3. The first-order valence-electron chi connectivity index (χ1n) is 11.4. The molecular formula is C26H26N6O2. The summed E-state index contributed by atoms with van der Waals surface area (Å²) >= 11 is 0. The summed E-state index contributed by atoms with van der Waals surface area (Å²) in [6.45, 7) is 4.18. The monoisotopic (exact) mass is 454 g/mol.